The fraction of sp³-hybridized carbons (Fsp3) is 0.417. The fourth-order valence-corrected chi connectivity index (χ4v) is 1.61. The summed E-state index contributed by atoms with van der Waals surface area (Å²) < 4.78 is 0. The van der Waals surface area contributed by atoms with E-state index in [-0.39, 0.29) is 18.6 Å². The minimum absolute atomic E-state index is 0.0406. The molecule has 1 unspecified atom stereocenters. The first kappa shape index (κ1) is 13.0. The lowest BCUT2D eigenvalue weighted by atomic mass is 10.1. The van der Waals surface area contributed by atoms with Crippen LogP contribution in [0.25, 0.3) is 0 Å². The van der Waals surface area contributed by atoms with Crippen molar-refractivity contribution in [2.75, 3.05) is 6.61 Å². The number of amides is 1. The number of hydrogen-bond acceptors (Lipinski definition) is 2. The average Bonchev–Trinajstić information content (AvgIpc) is 2.26. The van der Waals surface area contributed by atoms with Crippen LogP contribution < -0.4 is 5.32 Å². The Morgan fingerprint density at radius 3 is 2.94 bits per heavy atom. The van der Waals surface area contributed by atoms with Gasteiger partial charge in [0, 0.05) is 18.1 Å². The summed E-state index contributed by atoms with van der Waals surface area (Å²) in [4.78, 5) is 11.4. The lowest BCUT2D eigenvalue weighted by Gasteiger charge is -2.14. The van der Waals surface area contributed by atoms with Gasteiger partial charge in [-0.25, -0.2) is 0 Å². The molecular weight excluding hydrogens is 226 g/mol. The van der Waals surface area contributed by atoms with E-state index < -0.39 is 0 Å². The van der Waals surface area contributed by atoms with E-state index in [0.717, 1.165) is 5.56 Å². The van der Waals surface area contributed by atoms with Crippen LogP contribution in [0.3, 0.4) is 0 Å². The van der Waals surface area contributed by atoms with Crippen molar-refractivity contribution < 1.29 is 9.90 Å². The molecule has 1 atom stereocenters. The van der Waals surface area contributed by atoms with Gasteiger partial charge < -0.3 is 10.4 Å². The van der Waals surface area contributed by atoms with E-state index in [4.69, 9.17) is 16.7 Å². The van der Waals surface area contributed by atoms with Crippen molar-refractivity contribution in [3.63, 3.8) is 0 Å². The van der Waals surface area contributed by atoms with Gasteiger partial charge in [-0.2, -0.15) is 0 Å². The average molecular weight is 242 g/mol. The predicted molar refractivity (Wildman–Crippen MR) is 64.3 cm³/mol. The number of nitrogens with one attached hydrogen (secondary N) is 1. The van der Waals surface area contributed by atoms with Crippen LogP contribution >= 0.6 is 11.6 Å². The molecule has 0 aliphatic rings. The Morgan fingerprint density at radius 1 is 1.56 bits per heavy atom. The molecule has 3 nitrogen and oxygen atoms in total. The van der Waals surface area contributed by atoms with Crippen LogP contribution in [-0.2, 0) is 4.79 Å². The Balaban J connectivity index is 2.52. The monoisotopic (exact) mass is 241 g/mol. The zero-order chi connectivity index (χ0) is 12.0. The van der Waals surface area contributed by atoms with Crippen LogP contribution in [0.2, 0.25) is 5.02 Å². The maximum absolute atomic E-state index is 11.4. The van der Waals surface area contributed by atoms with Crippen LogP contribution in [0.15, 0.2) is 24.3 Å². The molecule has 16 heavy (non-hydrogen) atoms. The molecule has 0 saturated heterocycles. The summed E-state index contributed by atoms with van der Waals surface area (Å²) in [7, 11) is 0. The molecular formula is C12H16ClNO2. The highest BCUT2D eigenvalue weighted by atomic mass is 35.5. The molecule has 0 aliphatic heterocycles. The minimum Gasteiger partial charge on any atom is -0.396 e. The van der Waals surface area contributed by atoms with E-state index in [2.05, 4.69) is 5.32 Å². The highest BCUT2D eigenvalue weighted by Crippen LogP contribution is 2.17. The minimum atomic E-state index is -0.0649. The SMILES string of the molecule is CC(NC(=O)CCCO)c1cccc(Cl)c1. The van der Waals surface area contributed by atoms with Gasteiger partial charge in [0.25, 0.3) is 0 Å². The molecule has 1 aromatic carbocycles. The lowest BCUT2D eigenvalue weighted by Crippen LogP contribution is -2.26. The summed E-state index contributed by atoms with van der Waals surface area (Å²) in [6.45, 7) is 1.95. The molecule has 1 aromatic rings. The first-order valence-corrected chi connectivity index (χ1v) is 5.67. The maximum Gasteiger partial charge on any atom is 0.220 e. The van der Waals surface area contributed by atoms with Gasteiger partial charge in [0.05, 0.1) is 6.04 Å². The van der Waals surface area contributed by atoms with Gasteiger partial charge in [-0.15, -0.1) is 0 Å². The molecule has 2 N–H and O–H groups in total. The van der Waals surface area contributed by atoms with Crippen molar-refractivity contribution in [1.82, 2.24) is 5.32 Å². The molecule has 1 amide bonds. The van der Waals surface area contributed by atoms with E-state index in [0.29, 0.717) is 17.9 Å². The van der Waals surface area contributed by atoms with E-state index in [1.807, 2.05) is 25.1 Å². The molecule has 0 bridgehead atoms. The van der Waals surface area contributed by atoms with Crippen LogP contribution in [0, 0.1) is 0 Å². The van der Waals surface area contributed by atoms with Gasteiger partial charge in [-0.3, -0.25) is 4.79 Å². The van der Waals surface area contributed by atoms with Crippen molar-refractivity contribution in [3.05, 3.63) is 34.9 Å². The molecule has 0 spiro atoms. The normalized spacial score (nSPS) is 12.2. The third kappa shape index (κ3) is 4.21. The molecule has 1 rings (SSSR count). The maximum atomic E-state index is 11.4. The van der Waals surface area contributed by atoms with Gasteiger partial charge in [0.2, 0.25) is 5.91 Å². The van der Waals surface area contributed by atoms with Crippen LogP contribution in [0.5, 0.6) is 0 Å². The molecule has 0 fully saturated rings. The Kier molecular flexibility index (Phi) is 5.29. The molecule has 0 heterocycles. The third-order valence-corrected chi connectivity index (χ3v) is 2.52. The van der Waals surface area contributed by atoms with Crippen molar-refractivity contribution in [2.45, 2.75) is 25.8 Å². The Bertz CT molecular complexity index is 355. The molecule has 4 heteroatoms. The number of hydrogen-bond donors (Lipinski definition) is 2. The van der Waals surface area contributed by atoms with Gasteiger partial charge in [0.1, 0.15) is 0 Å². The number of benzene rings is 1. The van der Waals surface area contributed by atoms with Gasteiger partial charge in [-0.1, -0.05) is 23.7 Å². The molecule has 0 aromatic heterocycles. The lowest BCUT2D eigenvalue weighted by molar-refractivity contribution is -0.122. The zero-order valence-electron chi connectivity index (χ0n) is 9.24. The first-order valence-electron chi connectivity index (χ1n) is 5.29. The van der Waals surface area contributed by atoms with E-state index in [1.54, 1.807) is 6.07 Å². The van der Waals surface area contributed by atoms with Crippen molar-refractivity contribution >= 4 is 17.5 Å². The summed E-state index contributed by atoms with van der Waals surface area (Å²) in [6.07, 6.45) is 0.843. The summed E-state index contributed by atoms with van der Waals surface area (Å²) in [5.74, 6) is -0.0541. The Hall–Kier alpha value is -1.06. The third-order valence-electron chi connectivity index (χ3n) is 2.29. The second kappa shape index (κ2) is 6.51. The largest absolute Gasteiger partial charge is 0.396 e. The van der Waals surface area contributed by atoms with E-state index in [1.165, 1.54) is 0 Å². The van der Waals surface area contributed by atoms with Gasteiger partial charge in [-0.05, 0) is 31.0 Å². The standard InChI is InChI=1S/C12H16ClNO2/c1-9(14-12(16)6-3-7-15)10-4-2-5-11(13)8-10/h2,4-5,8-9,15H,3,6-7H2,1H3,(H,14,16). The van der Waals surface area contributed by atoms with Crippen molar-refractivity contribution in [3.8, 4) is 0 Å². The molecule has 88 valence electrons. The van der Waals surface area contributed by atoms with E-state index >= 15 is 0 Å². The van der Waals surface area contributed by atoms with Crippen LogP contribution in [0.4, 0.5) is 0 Å². The van der Waals surface area contributed by atoms with Crippen molar-refractivity contribution in [2.24, 2.45) is 0 Å². The summed E-state index contributed by atoms with van der Waals surface area (Å²) >= 11 is 5.86. The topological polar surface area (TPSA) is 49.3 Å². The number of rotatable bonds is 5. The number of carbonyl (C=O) groups is 1. The summed E-state index contributed by atoms with van der Waals surface area (Å²) in [5.41, 5.74) is 0.977. The zero-order valence-corrected chi connectivity index (χ0v) is 10.00. The second-order valence-electron chi connectivity index (χ2n) is 3.67. The highest BCUT2D eigenvalue weighted by molar-refractivity contribution is 6.30. The first-order chi connectivity index (χ1) is 7.63. The number of halogens is 1. The Morgan fingerprint density at radius 2 is 2.31 bits per heavy atom. The highest BCUT2D eigenvalue weighted by Gasteiger charge is 2.09. The van der Waals surface area contributed by atoms with Crippen LogP contribution in [0.1, 0.15) is 31.4 Å². The number of aliphatic hydroxyl groups is 1. The summed E-state index contributed by atoms with van der Waals surface area (Å²) in [6, 6.07) is 7.34. The number of aliphatic hydroxyl groups excluding tert-OH is 1. The van der Waals surface area contributed by atoms with E-state index in [9.17, 15) is 4.79 Å². The quantitative estimate of drug-likeness (QED) is 0.831. The Labute approximate surface area is 100 Å². The van der Waals surface area contributed by atoms with Gasteiger partial charge in [0.15, 0.2) is 0 Å². The predicted octanol–water partition coefficient (Wildman–Crippen LogP) is 2.29. The molecule has 0 saturated carbocycles. The van der Waals surface area contributed by atoms with Crippen molar-refractivity contribution in [1.29, 1.82) is 0 Å². The smallest absolute Gasteiger partial charge is 0.220 e. The van der Waals surface area contributed by atoms with Gasteiger partial charge >= 0.3 is 0 Å². The van der Waals surface area contributed by atoms with Crippen LogP contribution in [-0.4, -0.2) is 17.6 Å². The summed E-state index contributed by atoms with van der Waals surface area (Å²) in [5, 5.41) is 12.1. The molecule has 0 aliphatic carbocycles. The fourth-order valence-electron chi connectivity index (χ4n) is 1.41. The number of carbonyl (C=O) groups excluding carboxylic acids is 1. The molecule has 0 radical (unpaired) electrons. The second-order valence-corrected chi connectivity index (χ2v) is 4.11.